The molecule has 0 unspecified atom stereocenters. The minimum atomic E-state index is 0.480. The fraction of sp³-hybridized carbons (Fsp3) is 0.417. The first-order valence-electron chi connectivity index (χ1n) is 5.57. The second-order valence-corrected chi connectivity index (χ2v) is 6.11. The summed E-state index contributed by atoms with van der Waals surface area (Å²) in [6.45, 7) is 5.05. The minimum absolute atomic E-state index is 0.480. The zero-order chi connectivity index (χ0) is 12.1. The van der Waals surface area contributed by atoms with E-state index in [1.807, 2.05) is 23.7 Å². The summed E-state index contributed by atoms with van der Waals surface area (Å²) in [5.74, 6) is 2.84. The Morgan fingerprint density at radius 2 is 2.24 bits per heavy atom. The molecule has 0 aromatic carbocycles. The van der Waals surface area contributed by atoms with Crippen molar-refractivity contribution >= 4 is 23.1 Å². The number of rotatable bonds is 6. The Balaban J connectivity index is 1.81. The van der Waals surface area contributed by atoms with Crippen LogP contribution in [0.3, 0.4) is 0 Å². The van der Waals surface area contributed by atoms with E-state index in [0.29, 0.717) is 6.04 Å². The number of hydrogen-bond donors (Lipinski definition) is 1. The average Bonchev–Trinajstić information content (AvgIpc) is 2.95. The highest BCUT2D eigenvalue weighted by atomic mass is 32.2. The van der Waals surface area contributed by atoms with Gasteiger partial charge in [0.05, 0.1) is 12.3 Å². The summed E-state index contributed by atoms with van der Waals surface area (Å²) in [6.07, 6.45) is 1.83. The zero-order valence-corrected chi connectivity index (χ0v) is 11.6. The van der Waals surface area contributed by atoms with Crippen LogP contribution in [0.15, 0.2) is 32.5 Å². The number of nitrogens with one attached hydrogen (secondary N) is 1. The van der Waals surface area contributed by atoms with Crippen molar-refractivity contribution in [3.8, 4) is 0 Å². The Morgan fingerprint density at radius 1 is 1.41 bits per heavy atom. The molecule has 0 fully saturated rings. The number of thiazole rings is 1. The largest absolute Gasteiger partial charge is 0.464 e. The normalized spacial score (nSPS) is 11.2. The molecular formula is C12H16N2OS2. The van der Waals surface area contributed by atoms with Gasteiger partial charge < -0.3 is 9.73 Å². The molecule has 2 aromatic heterocycles. The summed E-state index contributed by atoms with van der Waals surface area (Å²) in [5.41, 5.74) is 0. The maximum Gasteiger partial charge on any atom is 0.150 e. The van der Waals surface area contributed by atoms with Crippen molar-refractivity contribution in [3.63, 3.8) is 0 Å². The van der Waals surface area contributed by atoms with Crippen LogP contribution in [-0.4, -0.2) is 11.0 Å². The molecule has 0 aliphatic heterocycles. The number of nitrogens with zero attached hydrogens (tertiary/aromatic N) is 1. The van der Waals surface area contributed by atoms with Crippen molar-refractivity contribution in [1.82, 2.24) is 10.3 Å². The number of hydrogen-bond acceptors (Lipinski definition) is 5. The fourth-order valence-electron chi connectivity index (χ4n) is 1.31. The SMILES string of the molecule is CC(C)NCc1ccc(CSc2nccs2)o1. The van der Waals surface area contributed by atoms with Gasteiger partial charge in [-0.25, -0.2) is 4.98 Å². The second-order valence-electron chi connectivity index (χ2n) is 3.99. The maximum absolute atomic E-state index is 5.73. The molecule has 0 spiro atoms. The van der Waals surface area contributed by atoms with E-state index in [1.54, 1.807) is 23.1 Å². The molecule has 5 heteroatoms. The van der Waals surface area contributed by atoms with Gasteiger partial charge in [0.2, 0.25) is 0 Å². The standard InChI is InChI=1S/C12H16N2OS2/c1-9(2)14-7-10-3-4-11(15-10)8-17-12-13-5-6-16-12/h3-6,9,14H,7-8H2,1-2H3. The maximum atomic E-state index is 5.73. The van der Waals surface area contributed by atoms with E-state index in [1.165, 1.54) is 0 Å². The van der Waals surface area contributed by atoms with E-state index < -0.39 is 0 Å². The van der Waals surface area contributed by atoms with Gasteiger partial charge >= 0.3 is 0 Å². The quantitative estimate of drug-likeness (QED) is 0.813. The highest BCUT2D eigenvalue weighted by molar-refractivity contribution is 8.00. The molecule has 3 nitrogen and oxygen atoms in total. The van der Waals surface area contributed by atoms with Crippen LogP contribution in [-0.2, 0) is 12.3 Å². The third-order valence-corrected chi connectivity index (χ3v) is 4.14. The molecule has 0 amide bonds. The van der Waals surface area contributed by atoms with E-state index in [4.69, 9.17) is 4.42 Å². The number of thioether (sulfide) groups is 1. The Morgan fingerprint density at radius 3 is 2.94 bits per heavy atom. The molecule has 2 rings (SSSR count). The van der Waals surface area contributed by atoms with Crippen molar-refractivity contribution in [2.75, 3.05) is 0 Å². The Labute approximate surface area is 110 Å². The third-order valence-electron chi connectivity index (χ3n) is 2.15. The summed E-state index contributed by atoms with van der Waals surface area (Å²) in [5, 5.41) is 5.32. The van der Waals surface area contributed by atoms with Crippen LogP contribution in [0.1, 0.15) is 25.4 Å². The first-order valence-corrected chi connectivity index (χ1v) is 7.44. The van der Waals surface area contributed by atoms with Crippen LogP contribution in [0.5, 0.6) is 0 Å². The summed E-state index contributed by atoms with van der Waals surface area (Å²) < 4.78 is 6.81. The predicted octanol–water partition coefficient (Wildman–Crippen LogP) is 3.53. The van der Waals surface area contributed by atoms with Crippen molar-refractivity contribution in [2.45, 2.75) is 36.5 Å². The summed E-state index contributed by atoms with van der Waals surface area (Å²) in [4.78, 5) is 4.23. The number of furan rings is 1. The van der Waals surface area contributed by atoms with Crippen LogP contribution in [0, 0.1) is 0 Å². The third kappa shape index (κ3) is 4.18. The first-order chi connectivity index (χ1) is 8.24. The second kappa shape index (κ2) is 6.23. The smallest absolute Gasteiger partial charge is 0.150 e. The van der Waals surface area contributed by atoms with E-state index in [0.717, 1.165) is 28.2 Å². The molecule has 92 valence electrons. The molecule has 1 N–H and O–H groups in total. The van der Waals surface area contributed by atoms with Gasteiger partial charge in [0.25, 0.3) is 0 Å². The lowest BCUT2D eigenvalue weighted by Crippen LogP contribution is -2.21. The van der Waals surface area contributed by atoms with Crippen LogP contribution in [0.2, 0.25) is 0 Å². The van der Waals surface area contributed by atoms with Crippen molar-refractivity contribution in [2.24, 2.45) is 0 Å². The molecule has 0 aliphatic rings. The van der Waals surface area contributed by atoms with Crippen molar-refractivity contribution in [1.29, 1.82) is 0 Å². The van der Waals surface area contributed by atoms with Crippen molar-refractivity contribution < 1.29 is 4.42 Å². The molecule has 0 saturated carbocycles. The van der Waals surface area contributed by atoms with E-state index >= 15 is 0 Å². The molecule has 0 aliphatic carbocycles. The van der Waals surface area contributed by atoms with Gasteiger partial charge in [0.15, 0.2) is 0 Å². The van der Waals surface area contributed by atoms with Crippen molar-refractivity contribution in [3.05, 3.63) is 35.2 Å². The van der Waals surface area contributed by atoms with Gasteiger partial charge in [-0.05, 0) is 12.1 Å². The van der Waals surface area contributed by atoms with Gasteiger partial charge in [0, 0.05) is 17.6 Å². The van der Waals surface area contributed by atoms with Crippen LogP contribution in [0.4, 0.5) is 0 Å². The van der Waals surface area contributed by atoms with Crippen LogP contribution in [0.25, 0.3) is 0 Å². The Kier molecular flexibility index (Phi) is 4.65. The molecule has 0 bridgehead atoms. The highest BCUT2D eigenvalue weighted by Crippen LogP contribution is 2.25. The summed E-state index contributed by atoms with van der Waals surface area (Å²) in [6, 6.07) is 4.55. The Bertz CT molecular complexity index is 437. The predicted molar refractivity (Wildman–Crippen MR) is 72.4 cm³/mol. The molecule has 0 radical (unpaired) electrons. The zero-order valence-electron chi connectivity index (χ0n) is 9.97. The summed E-state index contributed by atoms with van der Waals surface area (Å²) in [7, 11) is 0. The van der Waals surface area contributed by atoms with E-state index in [-0.39, 0.29) is 0 Å². The van der Waals surface area contributed by atoms with Gasteiger partial charge in [-0.3, -0.25) is 0 Å². The molecular weight excluding hydrogens is 252 g/mol. The monoisotopic (exact) mass is 268 g/mol. The number of aromatic nitrogens is 1. The fourth-order valence-corrected chi connectivity index (χ4v) is 2.85. The lowest BCUT2D eigenvalue weighted by Gasteiger charge is -2.04. The molecule has 2 heterocycles. The van der Waals surface area contributed by atoms with Crippen LogP contribution >= 0.6 is 23.1 Å². The first kappa shape index (κ1) is 12.7. The highest BCUT2D eigenvalue weighted by Gasteiger charge is 2.04. The van der Waals surface area contributed by atoms with Gasteiger partial charge in [-0.15, -0.1) is 11.3 Å². The average molecular weight is 268 g/mol. The minimum Gasteiger partial charge on any atom is -0.464 e. The topological polar surface area (TPSA) is 38.1 Å². The van der Waals surface area contributed by atoms with Crippen LogP contribution < -0.4 is 5.32 Å². The molecule has 0 saturated heterocycles. The van der Waals surface area contributed by atoms with Gasteiger partial charge in [0.1, 0.15) is 15.9 Å². The molecule has 17 heavy (non-hydrogen) atoms. The van der Waals surface area contributed by atoms with Gasteiger partial charge in [-0.2, -0.15) is 0 Å². The lowest BCUT2D eigenvalue weighted by molar-refractivity contribution is 0.445. The molecule has 2 aromatic rings. The van der Waals surface area contributed by atoms with E-state index in [2.05, 4.69) is 24.1 Å². The summed E-state index contributed by atoms with van der Waals surface area (Å²) >= 11 is 3.37. The van der Waals surface area contributed by atoms with E-state index in [9.17, 15) is 0 Å². The molecule has 0 atom stereocenters. The van der Waals surface area contributed by atoms with Gasteiger partial charge in [-0.1, -0.05) is 25.6 Å². The Hall–Kier alpha value is -0.780. The lowest BCUT2D eigenvalue weighted by atomic mass is 10.3.